The van der Waals surface area contributed by atoms with Crippen LogP contribution in [0.25, 0.3) is 0 Å². The topological polar surface area (TPSA) is 23.9 Å². The van der Waals surface area contributed by atoms with Crippen molar-refractivity contribution in [1.82, 2.24) is 0 Å². The molecule has 0 spiro atoms. The number of rotatable bonds is 5. The van der Waals surface area contributed by atoms with Gasteiger partial charge in [0.25, 0.3) is 0 Å². The molecule has 1 nitrogen and oxygen atoms in total. The molecule has 0 aromatic rings. The van der Waals surface area contributed by atoms with E-state index >= 15 is 0 Å². The van der Waals surface area contributed by atoms with Crippen molar-refractivity contribution >= 4 is 6.21 Å². The third-order valence-electron chi connectivity index (χ3n) is 1.70. The van der Waals surface area contributed by atoms with Crippen LogP contribution < -0.4 is 0 Å². The van der Waals surface area contributed by atoms with E-state index in [-0.39, 0.29) is 11.8 Å². The first kappa shape index (κ1) is 9.89. The first-order chi connectivity index (χ1) is 5.17. The molecule has 1 heteroatoms. The molecule has 0 rings (SSSR count). The summed E-state index contributed by atoms with van der Waals surface area (Å²) in [6, 6.07) is 0. The average molecular weight is 149 g/mol. The molecule has 0 saturated heterocycles. The normalized spacial score (nSPS) is 14.6. The zero-order valence-corrected chi connectivity index (χ0v) is 7.01. The highest BCUT2D eigenvalue weighted by Gasteiger charge is 2.12. The predicted octanol–water partition coefficient (Wildman–Crippen LogP) is 2.82. The van der Waals surface area contributed by atoms with E-state index in [9.17, 15) is 0 Å². The maximum absolute atomic E-state index is 7.10. The number of hydrogen-bond donors (Lipinski definition) is 1. The minimum atomic E-state index is 0.0463. The minimum Gasteiger partial charge on any atom is -0.312 e. The molecule has 0 aliphatic heterocycles. The van der Waals surface area contributed by atoms with Gasteiger partial charge in [-0.1, -0.05) is 24.3 Å². The van der Waals surface area contributed by atoms with Gasteiger partial charge in [0.2, 0.25) is 0 Å². The number of nitrogens with one attached hydrogen (secondary N) is 1. The lowest BCUT2D eigenvalue weighted by molar-refractivity contribution is 0.684. The maximum Gasteiger partial charge on any atom is 0.0212 e. The van der Waals surface area contributed by atoms with Gasteiger partial charge in [0.1, 0.15) is 0 Å². The Labute approximate surface area is 68.6 Å². The quantitative estimate of drug-likeness (QED) is 0.459. The molecule has 0 aromatic carbocycles. The van der Waals surface area contributed by atoms with Gasteiger partial charge >= 0.3 is 0 Å². The van der Waals surface area contributed by atoms with Crippen LogP contribution in [0, 0.1) is 17.2 Å². The molecule has 2 unspecified atom stereocenters. The molecule has 60 valence electrons. The van der Waals surface area contributed by atoms with Crippen LogP contribution in [-0.2, 0) is 0 Å². The Morgan fingerprint density at radius 2 is 1.91 bits per heavy atom. The summed E-state index contributed by atoms with van der Waals surface area (Å²) in [5.74, 6) is 0.204. The third kappa shape index (κ3) is 2.54. The van der Waals surface area contributed by atoms with Gasteiger partial charge < -0.3 is 5.41 Å². The summed E-state index contributed by atoms with van der Waals surface area (Å²) in [5.41, 5.74) is 1.02. The predicted molar refractivity (Wildman–Crippen MR) is 51.0 cm³/mol. The van der Waals surface area contributed by atoms with E-state index < -0.39 is 0 Å². The van der Waals surface area contributed by atoms with Crippen molar-refractivity contribution in [1.29, 1.82) is 5.41 Å². The van der Waals surface area contributed by atoms with Crippen LogP contribution in [0.2, 0.25) is 0 Å². The van der Waals surface area contributed by atoms with E-state index in [1.54, 1.807) is 12.2 Å². The molecule has 0 amide bonds. The third-order valence-corrected chi connectivity index (χ3v) is 1.70. The van der Waals surface area contributed by atoms with Crippen molar-refractivity contribution in [3.05, 3.63) is 37.5 Å². The summed E-state index contributed by atoms with van der Waals surface area (Å²) in [6.45, 7) is 13.1. The van der Waals surface area contributed by atoms with E-state index in [1.165, 1.54) is 6.21 Å². The summed E-state index contributed by atoms with van der Waals surface area (Å²) >= 11 is 0. The van der Waals surface area contributed by atoms with Gasteiger partial charge in [-0.3, -0.25) is 0 Å². The minimum absolute atomic E-state index is 0.0463. The highest BCUT2D eigenvalue weighted by Crippen LogP contribution is 2.19. The molecular weight excluding hydrogens is 134 g/mol. The van der Waals surface area contributed by atoms with Gasteiger partial charge in [-0.05, 0) is 6.92 Å². The Morgan fingerprint density at radius 3 is 2.00 bits per heavy atom. The van der Waals surface area contributed by atoms with Gasteiger partial charge in [0.05, 0.1) is 0 Å². The molecular formula is C10H15N. The van der Waals surface area contributed by atoms with Crippen molar-refractivity contribution in [3.63, 3.8) is 0 Å². The average Bonchev–Trinajstić information content (AvgIpc) is 1.99. The zero-order valence-electron chi connectivity index (χ0n) is 7.01. The molecule has 0 fully saturated rings. The van der Waals surface area contributed by atoms with E-state index in [0.717, 1.165) is 5.57 Å². The molecule has 11 heavy (non-hydrogen) atoms. The van der Waals surface area contributed by atoms with E-state index in [1.807, 2.05) is 6.92 Å². The fourth-order valence-electron chi connectivity index (χ4n) is 1.01. The second-order valence-corrected chi connectivity index (χ2v) is 2.59. The molecule has 0 aliphatic carbocycles. The summed E-state index contributed by atoms with van der Waals surface area (Å²) < 4.78 is 0. The van der Waals surface area contributed by atoms with Gasteiger partial charge in [-0.2, -0.15) is 0 Å². The van der Waals surface area contributed by atoms with Crippen molar-refractivity contribution in [2.45, 2.75) is 6.92 Å². The lowest BCUT2D eigenvalue weighted by atomic mass is 9.88. The van der Waals surface area contributed by atoms with Crippen LogP contribution in [-0.4, -0.2) is 6.21 Å². The summed E-state index contributed by atoms with van der Waals surface area (Å²) in [4.78, 5) is 0. The SMILES string of the molecule is C=CC(C=N)C(C=C)C(=C)C. The summed E-state index contributed by atoms with van der Waals surface area (Å²) in [5, 5.41) is 7.10. The Bertz CT molecular complexity index is 171. The highest BCUT2D eigenvalue weighted by molar-refractivity contribution is 5.61. The molecule has 0 saturated carbocycles. The first-order valence-corrected chi connectivity index (χ1v) is 3.58. The molecule has 0 heterocycles. The van der Waals surface area contributed by atoms with E-state index in [4.69, 9.17) is 5.41 Å². The fourth-order valence-corrected chi connectivity index (χ4v) is 1.01. The number of allylic oxidation sites excluding steroid dienone is 3. The molecule has 0 radical (unpaired) electrons. The first-order valence-electron chi connectivity index (χ1n) is 3.58. The Hall–Kier alpha value is -1.11. The Kier molecular flexibility index (Phi) is 4.20. The van der Waals surface area contributed by atoms with Gasteiger partial charge in [0, 0.05) is 18.1 Å². The molecule has 0 bridgehead atoms. The van der Waals surface area contributed by atoms with Gasteiger partial charge in [-0.25, -0.2) is 0 Å². The van der Waals surface area contributed by atoms with Crippen LogP contribution in [0.1, 0.15) is 6.92 Å². The van der Waals surface area contributed by atoms with E-state index in [0.29, 0.717) is 0 Å². The largest absolute Gasteiger partial charge is 0.312 e. The van der Waals surface area contributed by atoms with Crippen molar-refractivity contribution in [2.75, 3.05) is 0 Å². The van der Waals surface area contributed by atoms with E-state index in [2.05, 4.69) is 19.7 Å². The lowest BCUT2D eigenvalue weighted by Gasteiger charge is -2.16. The van der Waals surface area contributed by atoms with Crippen LogP contribution in [0.4, 0.5) is 0 Å². The Morgan fingerprint density at radius 1 is 1.36 bits per heavy atom. The highest BCUT2D eigenvalue weighted by atomic mass is 14.4. The van der Waals surface area contributed by atoms with Crippen molar-refractivity contribution in [2.24, 2.45) is 11.8 Å². The van der Waals surface area contributed by atoms with Gasteiger partial charge in [0.15, 0.2) is 0 Å². The van der Waals surface area contributed by atoms with Crippen LogP contribution in [0.3, 0.4) is 0 Å². The van der Waals surface area contributed by atoms with Crippen molar-refractivity contribution < 1.29 is 0 Å². The molecule has 0 aromatic heterocycles. The smallest absolute Gasteiger partial charge is 0.0212 e. The lowest BCUT2D eigenvalue weighted by Crippen LogP contribution is -2.11. The number of hydrogen-bond acceptors (Lipinski definition) is 1. The maximum atomic E-state index is 7.10. The fraction of sp³-hybridized carbons (Fsp3) is 0.300. The van der Waals surface area contributed by atoms with Crippen LogP contribution in [0.5, 0.6) is 0 Å². The molecule has 1 N–H and O–H groups in total. The Balaban J connectivity index is 4.44. The zero-order chi connectivity index (χ0) is 8.85. The van der Waals surface area contributed by atoms with Gasteiger partial charge in [-0.15, -0.1) is 13.2 Å². The monoisotopic (exact) mass is 149 g/mol. The van der Waals surface area contributed by atoms with Crippen LogP contribution in [0.15, 0.2) is 37.5 Å². The second-order valence-electron chi connectivity index (χ2n) is 2.59. The summed E-state index contributed by atoms with van der Waals surface area (Å²) in [7, 11) is 0. The van der Waals surface area contributed by atoms with Crippen molar-refractivity contribution in [3.8, 4) is 0 Å². The molecule has 2 atom stereocenters. The standard InChI is InChI=1S/C10H15N/c1-5-9(7-11)10(6-2)8(3)4/h5-7,9-11H,1-3H2,4H3. The second kappa shape index (κ2) is 4.67. The summed E-state index contributed by atoms with van der Waals surface area (Å²) in [6.07, 6.45) is 4.92. The van der Waals surface area contributed by atoms with Crippen LogP contribution >= 0.6 is 0 Å². The molecule has 0 aliphatic rings.